The van der Waals surface area contributed by atoms with Gasteiger partial charge >= 0.3 is 5.69 Å². The molecule has 0 aromatic carbocycles. The van der Waals surface area contributed by atoms with Crippen molar-refractivity contribution in [3.63, 3.8) is 0 Å². The SMILES string of the molecule is Cn1ccc(NC(=O)CC23CC4CC(C2)CC(n2cc([N+](=O)[O-])cn2)(C4)C3)n1. The lowest BCUT2D eigenvalue weighted by Gasteiger charge is -2.61. The summed E-state index contributed by atoms with van der Waals surface area (Å²) >= 11 is 0. The van der Waals surface area contributed by atoms with Crippen LogP contribution in [0.25, 0.3) is 0 Å². The van der Waals surface area contributed by atoms with Crippen LogP contribution in [0.2, 0.25) is 0 Å². The van der Waals surface area contributed by atoms with E-state index in [1.54, 1.807) is 23.1 Å². The van der Waals surface area contributed by atoms with Crippen LogP contribution in [0.5, 0.6) is 0 Å². The lowest BCUT2D eigenvalue weighted by molar-refractivity contribution is -0.385. The van der Waals surface area contributed by atoms with E-state index in [1.165, 1.54) is 12.6 Å². The van der Waals surface area contributed by atoms with Gasteiger partial charge in [0.15, 0.2) is 5.82 Å². The standard InChI is InChI=1S/C19H24N6O3/c1-23-3-2-16(22-23)21-17(26)9-18-5-13-4-14(6-18)8-19(7-13,12-18)24-11-15(10-20-24)25(27)28/h2-3,10-11,13-14H,4-9,12H2,1H3,(H,21,22,26). The highest BCUT2D eigenvalue weighted by molar-refractivity contribution is 5.90. The van der Waals surface area contributed by atoms with Gasteiger partial charge in [-0.05, 0) is 55.8 Å². The molecule has 2 atom stereocenters. The Labute approximate surface area is 162 Å². The maximum absolute atomic E-state index is 12.8. The van der Waals surface area contributed by atoms with E-state index in [0.717, 1.165) is 32.1 Å². The van der Waals surface area contributed by atoms with Crippen LogP contribution in [0.1, 0.15) is 44.9 Å². The third-order valence-corrected chi connectivity index (χ3v) is 6.93. The first-order valence-corrected chi connectivity index (χ1v) is 9.84. The maximum Gasteiger partial charge on any atom is 0.307 e. The van der Waals surface area contributed by atoms with Gasteiger partial charge in [0.05, 0.1) is 10.5 Å². The Morgan fingerprint density at radius 1 is 1.36 bits per heavy atom. The fourth-order valence-electron chi connectivity index (χ4n) is 6.55. The molecule has 2 heterocycles. The van der Waals surface area contributed by atoms with E-state index in [0.29, 0.717) is 24.1 Å². The van der Waals surface area contributed by atoms with Gasteiger partial charge in [0.25, 0.3) is 0 Å². The Morgan fingerprint density at radius 3 is 2.71 bits per heavy atom. The Kier molecular flexibility index (Phi) is 3.66. The van der Waals surface area contributed by atoms with Crippen LogP contribution in [0, 0.1) is 27.4 Å². The topological polar surface area (TPSA) is 108 Å². The molecule has 4 fully saturated rings. The number of carbonyl (C=O) groups is 1. The molecular weight excluding hydrogens is 360 g/mol. The van der Waals surface area contributed by atoms with Gasteiger partial charge in [-0.25, -0.2) is 0 Å². The number of amides is 1. The fraction of sp³-hybridized carbons (Fsp3) is 0.632. The molecule has 2 aromatic rings. The number of anilines is 1. The number of nitrogens with one attached hydrogen (secondary N) is 1. The van der Waals surface area contributed by atoms with E-state index in [4.69, 9.17) is 0 Å². The second kappa shape index (κ2) is 5.89. The monoisotopic (exact) mass is 384 g/mol. The van der Waals surface area contributed by atoms with Crippen molar-refractivity contribution in [1.82, 2.24) is 19.6 Å². The predicted octanol–water partition coefficient (Wildman–Crippen LogP) is 2.85. The lowest BCUT2D eigenvalue weighted by Crippen LogP contribution is -2.57. The van der Waals surface area contributed by atoms with Gasteiger partial charge in [-0.3, -0.25) is 24.3 Å². The molecule has 2 aromatic heterocycles. The molecule has 1 amide bonds. The molecule has 9 heteroatoms. The zero-order valence-electron chi connectivity index (χ0n) is 15.9. The molecular formula is C19H24N6O3. The molecule has 6 rings (SSSR count). The molecule has 1 N–H and O–H groups in total. The molecule has 148 valence electrons. The zero-order chi connectivity index (χ0) is 19.5. The largest absolute Gasteiger partial charge is 0.309 e. The number of aryl methyl sites for hydroxylation is 1. The Bertz CT molecular complexity index is 933. The number of aromatic nitrogens is 4. The summed E-state index contributed by atoms with van der Waals surface area (Å²) < 4.78 is 3.51. The van der Waals surface area contributed by atoms with Crippen LogP contribution >= 0.6 is 0 Å². The molecule has 28 heavy (non-hydrogen) atoms. The minimum Gasteiger partial charge on any atom is -0.309 e. The van der Waals surface area contributed by atoms with Crippen molar-refractivity contribution in [2.45, 2.75) is 50.5 Å². The van der Waals surface area contributed by atoms with Crippen LogP contribution in [0.3, 0.4) is 0 Å². The Hall–Kier alpha value is -2.71. The number of rotatable bonds is 5. The summed E-state index contributed by atoms with van der Waals surface area (Å²) in [5.74, 6) is 1.70. The molecule has 9 nitrogen and oxygen atoms in total. The van der Waals surface area contributed by atoms with Crippen LogP contribution in [0.15, 0.2) is 24.7 Å². The van der Waals surface area contributed by atoms with E-state index in [-0.39, 0.29) is 27.5 Å². The van der Waals surface area contributed by atoms with E-state index < -0.39 is 0 Å². The van der Waals surface area contributed by atoms with Crippen LogP contribution in [0.4, 0.5) is 11.5 Å². The first kappa shape index (κ1) is 17.4. The summed E-state index contributed by atoms with van der Waals surface area (Å²) in [5.41, 5.74) is -0.203. The summed E-state index contributed by atoms with van der Waals surface area (Å²) in [5, 5.41) is 22.6. The normalized spacial score (nSPS) is 33.2. The smallest absolute Gasteiger partial charge is 0.307 e. The van der Waals surface area contributed by atoms with Crippen molar-refractivity contribution < 1.29 is 9.72 Å². The van der Waals surface area contributed by atoms with Crippen LogP contribution in [-0.2, 0) is 17.4 Å². The van der Waals surface area contributed by atoms with Gasteiger partial charge in [0.2, 0.25) is 5.91 Å². The third-order valence-electron chi connectivity index (χ3n) is 6.93. The highest BCUT2D eigenvalue weighted by Crippen LogP contribution is 2.65. The minimum atomic E-state index is -0.389. The van der Waals surface area contributed by atoms with Crippen molar-refractivity contribution in [2.24, 2.45) is 24.3 Å². The first-order chi connectivity index (χ1) is 13.3. The average molecular weight is 384 g/mol. The lowest BCUT2D eigenvalue weighted by atomic mass is 9.46. The number of hydrogen-bond donors (Lipinski definition) is 1. The molecule has 0 aliphatic heterocycles. The van der Waals surface area contributed by atoms with Crippen molar-refractivity contribution in [3.8, 4) is 0 Å². The molecule has 2 unspecified atom stereocenters. The van der Waals surface area contributed by atoms with E-state index in [1.807, 2.05) is 11.7 Å². The molecule has 4 aliphatic carbocycles. The van der Waals surface area contributed by atoms with Crippen molar-refractivity contribution >= 4 is 17.4 Å². The van der Waals surface area contributed by atoms with Crippen LogP contribution in [-0.4, -0.2) is 30.4 Å². The average Bonchev–Trinajstić information content (AvgIpc) is 3.22. The number of nitrogens with zero attached hydrogens (tertiary/aromatic N) is 5. The summed E-state index contributed by atoms with van der Waals surface area (Å²) in [4.78, 5) is 23.5. The highest BCUT2D eigenvalue weighted by Gasteiger charge is 2.59. The van der Waals surface area contributed by atoms with E-state index in [2.05, 4.69) is 15.5 Å². The molecule has 4 aliphatic rings. The fourth-order valence-corrected chi connectivity index (χ4v) is 6.55. The zero-order valence-corrected chi connectivity index (χ0v) is 15.9. The van der Waals surface area contributed by atoms with Crippen molar-refractivity contribution in [3.05, 3.63) is 34.8 Å². The summed E-state index contributed by atoms with van der Waals surface area (Å²) in [7, 11) is 1.82. The van der Waals surface area contributed by atoms with E-state index in [9.17, 15) is 14.9 Å². The van der Waals surface area contributed by atoms with Gasteiger partial charge in [-0.15, -0.1) is 0 Å². The Morgan fingerprint density at radius 2 is 2.11 bits per heavy atom. The maximum atomic E-state index is 12.8. The van der Waals surface area contributed by atoms with Gasteiger partial charge in [-0.2, -0.15) is 10.2 Å². The first-order valence-electron chi connectivity index (χ1n) is 9.84. The van der Waals surface area contributed by atoms with Gasteiger partial charge in [-0.1, -0.05) is 0 Å². The van der Waals surface area contributed by atoms with Gasteiger partial charge in [0.1, 0.15) is 12.4 Å². The van der Waals surface area contributed by atoms with Crippen molar-refractivity contribution in [2.75, 3.05) is 5.32 Å². The molecule has 0 radical (unpaired) electrons. The van der Waals surface area contributed by atoms with Crippen molar-refractivity contribution in [1.29, 1.82) is 0 Å². The molecule has 4 saturated carbocycles. The van der Waals surface area contributed by atoms with Gasteiger partial charge < -0.3 is 5.32 Å². The number of nitro groups is 1. The number of hydrogen-bond acceptors (Lipinski definition) is 5. The predicted molar refractivity (Wildman–Crippen MR) is 100 cm³/mol. The highest BCUT2D eigenvalue weighted by atomic mass is 16.6. The molecule has 0 spiro atoms. The van der Waals surface area contributed by atoms with E-state index >= 15 is 0 Å². The van der Waals surface area contributed by atoms with Gasteiger partial charge in [0, 0.05) is 25.7 Å². The summed E-state index contributed by atoms with van der Waals surface area (Å²) in [6.45, 7) is 0. The van der Waals surface area contributed by atoms with Crippen LogP contribution < -0.4 is 5.32 Å². The minimum absolute atomic E-state index is 0.00208. The second-order valence-corrected chi connectivity index (χ2v) is 9.19. The Balaban J connectivity index is 1.39. The summed E-state index contributed by atoms with van der Waals surface area (Å²) in [6.07, 6.45) is 11.4. The molecule has 4 bridgehead atoms. The summed E-state index contributed by atoms with van der Waals surface area (Å²) in [6, 6.07) is 1.79. The quantitative estimate of drug-likeness (QED) is 0.630. The number of carbonyl (C=O) groups excluding carboxylic acids is 1. The third kappa shape index (κ3) is 2.80. The molecule has 0 saturated heterocycles. The second-order valence-electron chi connectivity index (χ2n) is 9.19.